The number of amides is 2. The third kappa shape index (κ3) is 4.98. The minimum absolute atomic E-state index is 0.00117. The second kappa shape index (κ2) is 8.71. The zero-order chi connectivity index (χ0) is 17.5. The molecule has 0 unspecified atom stereocenters. The highest BCUT2D eigenvalue weighted by atomic mass is 16.5. The molecule has 2 rings (SSSR count). The van der Waals surface area contributed by atoms with E-state index in [2.05, 4.69) is 0 Å². The smallest absolute Gasteiger partial charge is 0.242 e. The first-order valence-electron chi connectivity index (χ1n) is 8.80. The van der Waals surface area contributed by atoms with Gasteiger partial charge in [0.2, 0.25) is 11.8 Å². The summed E-state index contributed by atoms with van der Waals surface area (Å²) in [5, 5.41) is 0. The van der Waals surface area contributed by atoms with Crippen molar-refractivity contribution in [3.8, 4) is 5.75 Å². The van der Waals surface area contributed by atoms with Crippen molar-refractivity contribution in [1.29, 1.82) is 0 Å². The molecule has 5 nitrogen and oxygen atoms in total. The molecule has 1 aliphatic heterocycles. The fourth-order valence-electron chi connectivity index (χ4n) is 2.96. The molecule has 132 valence electrons. The van der Waals surface area contributed by atoms with E-state index in [1.807, 2.05) is 43.0 Å². The number of nitrogens with zero attached hydrogens (tertiary/aromatic N) is 2. The average Bonchev–Trinajstić information content (AvgIpc) is 2.81. The maximum Gasteiger partial charge on any atom is 0.242 e. The van der Waals surface area contributed by atoms with Gasteiger partial charge in [-0.15, -0.1) is 0 Å². The van der Waals surface area contributed by atoms with Gasteiger partial charge in [0.15, 0.2) is 0 Å². The van der Waals surface area contributed by atoms with E-state index in [4.69, 9.17) is 4.74 Å². The number of hydrogen-bond acceptors (Lipinski definition) is 3. The molecule has 0 bridgehead atoms. The lowest BCUT2D eigenvalue weighted by Gasteiger charge is -2.27. The van der Waals surface area contributed by atoms with Crippen molar-refractivity contribution in [1.82, 2.24) is 4.90 Å². The third-order valence-corrected chi connectivity index (χ3v) is 4.15. The van der Waals surface area contributed by atoms with E-state index in [-0.39, 0.29) is 24.5 Å². The van der Waals surface area contributed by atoms with Gasteiger partial charge in [-0.2, -0.15) is 0 Å². The predicted octanol–water partition coefficient (Wildman–Crippen LogP) is 3.23. The lowest BCUT2D eigenvalue weighted by Crippen LogP contribution is -2.43. The normalized spacial score (nSPS) is 15.1. The van der Waals surface area contributed by atoms with Crippen LogP contribution in [-0.2, 0) is 9.59 Å². The van der Waals surface area contributed by atoms with Gasteiger partial charge in [-0.1, -0.05) is 25.0 Å². The number of hydrogen-bond donors (Lipinski definition) is 0. The fraction of sp³-hybridized carbons (Fsp3) is 0.579. The summed E-state index contributed by atoms with van der Waals surface area (Å²) in [6, 6.07) is 7.39. The summed E-state index contributed by atoms with van der Waals surface area (Å²) in [5.41, 5.74) is 0.655. The van der Waals surface area contributed by atoms with Crippen LogP contribution >= 0.6 is 0 Å². The Morgan fingerprint density at radius 3 is 2.33 bits per heavy atom. The Morgan fingerprint density at radius 2 is 1.75 bits per heavy atom. The zero-order valence-electron chi connectivity index (χ0n) is 15.0. The van der Waals surface area contributed by atoms with Gasteiger partial charge >= 0.3 is 0 Å². The first-order valence-corrected chi connectivity index (χ1v) is 8.80. The van der Waals surface area contributed by atoms with Gasteiger partial charge in [-0.05, 0) is 38.8 Å². The Hall–Kier alpha value is -2.04. The first-order chi connectivity index (χ1) is 11.5. The molecule has 2 amide bonds. The standard InChI is InChI=1S/C19H28N2O3/c1-15(2)24-18-11-7-6-10-17(18)21(16(3)22)14-19(23)20-12-8-4-5-9-13-20/h6-7,10-11,15H,4-5,8-9,12-14H2,1-3H3. The molecule has 1 heterocycles. The molecule has 0 N–H and O–H groups in total. The average molecular weight is 332 g/mol. The lowest BCUT2D eigenvalue weighted by molar-refractivity contribution is -0.131. The van der Waals surface area contributed by atoms with Gasteiger partial charge < -0.3 is 9.64 Å². The third-order valence-electron chi connectivity index (χ3n) is 4.15. The Balaban J connectivity index is 2.17. The SMILES string of the molecule is CC(=O)N(CC(=O)N1CCCCCC1)c1ccccc1OC(C)C. The second-order valence-electron chi connectivity index (χ2n) is 6.53. The van der Waals surface area contributed by atoms with Crippen LogP contribution in [0, 0.1) is 0 Å². The van der Waals surface area contributed by atoms with Crippen LogP contribution in [0.1, 0.15) is 46.5 Å². The minimum Gasteiger partial charge on any atom is -0.489 e. The quantitative estimate of drug-likeness (QED) is 0.832. The van der Waals surface area contributed by atoms with Gasteiger partial charge in [0.25, 0.3) is 0 Å². The highest BCUT2D eigenvalue weighted by Crippen LogP contribution is 2.29. The van der Waals surface area contributed by atoms with Crippen LogP contribution < -0.4 is 9.64 Å². The topological polar surface area (TPSA) is 49.9 Å². The van der Waals surface area contributed by atoms with Crippen molar-refractivity contribution in [3.05, 3.63) is 24.3 Å². The summed E-state index contributed by atoms with van der Waals surface area (Å²) in [6.45, 7) is 7.01. The van der Waals surface area contributed by atoms with Crippen molar-refractivity contribution in [3.63, 3.8) is 0 Å². The molecular weight excluding hydrogens is 304 g/mol. The predicted molar refractivity (Wildman–Crippen MR) is 95.3 cm³/mol. The number of carbonyl (C=O) groups excluding carboxylic acids is 2. The number of carbonyl (C=O) groups is 2. The maximum absolute atomic E-state index is 12.7. The molecule has 0 aromatic heterocycles. The summed E-state index contributed by atoms with van der Waals surface area (Å²) in [5.74, 6) is 0.482. The van der Waals surface area contributed by atoms with Crippen LogP contribution in [0.4, 0.5) is 5.69 Å². The summed E-state index contributed by atoms with van der Waals surface area (Å²) in [6.07, 6.45) is 4.43. The van der Waals surface area contributed by atoms with Crippen LogP contribution in [0.25, 0.3) is 0 Å². The van der Waals surface area contributed by atoms with Gasteiger partial charge in [0.05, 0.1) is 11.8 Å². The van der Waals surface area contributed by atoms with Crippen molar-refractivity contribution in [2.24, 2.45) is 0 Å². The fourth-order valence-corrected chi connectivity index (χ4v) is 2.96. The maximum atomic E-state index is 12.7. The van der Waals surface area contributed by atoms with Crippen LogP contribution in [0.5, 0.6) is 5.75 Å². The van der Waals surface area contributed by atoms with Crippen LogP contribution in [0.2, 0.25) is 0 Å². The van der Waals surface area contributed by atoms with Gasteiger partial charge in [-0.3, -0.25) is 14.5 Å². The summed E-state index contributed by atoms with van der Waals surface area (Å²) >= 11 is 0. The Morgan fingerprint density at radius 1 is 1.12 bits per heavy atom. The summed E-state index contributed by atoms with van der Waals surface area (Å²) in [4.78, 5) is 28.2. The molecule has 1 saturated heterocycles. The summed E-state index contributed by atoms with van der Waals surface area (Å²) < 4.78 is 5.80. The molecule has 24 heavy (non-hydrogen) atoms. The molecule has 5 heteroatoms. The van der Waals surface area contributed by atoms with E-state index in [9.17, 15) is 9.59 Å². The van der Waals surface area contributed by atoms with E-state index >= 15 is 0 Å². The number of anilines is 1. The van der Waals surface area contributed by atoms with E-state index < -0.39 is 0 Å². The first kappa shape index (κ1) is 18.3. The lowest BCUT2D eigenvalue weighted by atomic mass is 10.2. The zero-order valence-corrected chi connectivity index (χ0v) is 15.0. The van der Waals surface area contributed by atoms with Crippen molar-refractivity contribution >= 4 is 17.5 Å². The molecule has 0 atom stereocenters. The Labute approximate surface area is 144 Å². The number of para-hydroxylation sites is 2. The van der Waals surface area contributed by atoms with Gasteiger partial charge in [-0.25, -0.2) is 0 Å². The van der Waals surface area contributed by atoms with Crippen molar-refractivity contribution in [2.45, 2.75) is 52.6 Å². The van der Waals surface area contributed by atoms with Crippen molar-refractivity contribution < 1.29 is 14.3 Å². The van der Waals surface area contributed by atoms with Crippen LogP contribution in [0.15, 0.2) is 24.3 Å². The molecule has 1 aromatic rings. The molecule has 0 spiro atoms. The monoisotopic (exact) mass is 332 g/mol. The molecule has 1 aromatic carbocycles. The Kier molecular flexibility index (Phi) is 6.64. The van der Waals surface area contributed by atoms with Gasteiger partial charge in [0, 0.05) is 20.0 Å². The number of likely N-dealkylation sites (tertiary alicyclic amines) is 1. The highest BCUT2D eigenvalue weighted by molar-refractivity contribution is 5.98. The molecule has 0 radical (unpaired) electrons. The number of rotatable bonds is 5. The number of ether oxygens (including phenoxy) is 1. The van der Waals surface area contributed by atoms with E-state index in [0.717, 1.165) is 25.9 Å². The number of benzene rings is 1. The summed E-state index contributed by atoms with van der Waals surface area (Å²) in [7, 11) is 0. The molecule has 1 fully saturated rings. The van der Waals surface area contributed by atoms with Crippen LogP contribution in [-0.4, -0.2) is 42.5 Å². The van der Waals surface area contributed by atoms with E-state index in [0.29, 0.717) is 11.4 Å². The van der Waals surface area contributed by atoms with Crippen LogP contribution in [0.3, 0.4) is 0 Å². The molecule has 1 aliphatic rings. The largest absolute Gasteiger partial charge is 0.489 e. The van der Waals surface area contributed by atoms with E-state index in [1.54, 1.807) is 0 Å². The van der Waals surface area contributed by atoms with E-state index in [1.165, 1.54) is 24.7 Å². The minimum atomic E-state index is -0.155. The highest BCUT2D eigenvalue weighted by Gasteiger charge is 2.23. The Bertz CT molecular complexity index is 563. The molecule has 0 saturated carbocycles. The second-order valence-corrected chi connectivity index (χ2v) is 6.53. The van der Waals surface area contributed by atoms with Gasteiger partial charge in [0.1, 0.15) is 12.3 Å². The van der Waals surface area contributed by atoms with Crippen molar-refractivity contribution in [2.75, 3.05) is 24.5 Å². The molecule has 0 aliphatic carbocycles. The molecular formula is C19H28N2O3.